The zero-order valence-corrected chi connectivity index (χ0v) is 13.5. The molecule has 0 aliphatic rings. The monoisotopic (exact) mass is 288 g/mol. The van der Waals surface area contributed by atoms with Crippen LogP contribution in [0.4, 0.5) is 0 Å². The third kappa shape index (κ3) is 4.73. The van der Waals surface area contributed by atoms with Crippen LogP contribution in [0.25, 0.3) is 0 Å². The van der Waals surface area contributed by atoms with Crippen molar-refractivity contribution in [2.24, 2.45) is 0 Å². The number of nitrogens with zero attached hydrogens (tertiary/aromatic N) is 1. The summed E-state index contributed by atoms with van der Waals surface area (Å²) in [6, 6.07) is 9.39. The molecule has 0 aliphatic carbocycles. The fourth-order valence-corrected chi connectivity index (χ4v) is 3.04. The lowest BCUT2D eigenvalue weighted by Gasteiger charge is -2.17. The topological polar surface area (TPSA) is 24.9 Å². The molecule has 1 heterocycles. The number of rotatable bonds is 7. The Labute approximate surface area is 126 Å². The molecular formula is C17H24N2S. The van der Waals surface area contributed by atoms with Gasteiger partial charge in [0.25, 0.3) is 0 Å². The van der Waals surface area contributed by atoms with E-state index in [1.54, 1.807) is 11.3 Å². The Kier molecular flexibility index (Phi) is 5.74. The van der Waals surface area contributed by atoms with Crippen LogP contribution in [0.15, 0.2) is 29.6 Å². The minimum Gasteiger partial charge on any atom is -0.314 e. The van der Waals surface area contributed by atoms with E-state index in [1.807, 2.05) is 0 Å². The second-order valence-corrected chi connectivity index (χ2v) is 6.40. The molecule has 0 saturated carbocycles. The number of benzene rings is 1. The van der Waals surface area contributed by atoms with Gasteiger partial charge in [-0.05, 0) is 38.8 Å². The number of likely N-dealkylation sites (N-methyl/N-ethyl adjacent to an activating group) is 1. The van der Waals surface area contributed by atoms with Crippen molar-refractivity contribution >= 4 is 11.3 Å². The van der Waals surface area contributed by atoms with E-state index in [0.717, 1.165) is 30.8 Å². The maximum absolute atomic E-state index is 4.58. The third-order valence-corrected chi connectivity index (χ3v) is 4.34. The molecule has 0 spiro atoms. The van der Waals surface area contributed by atoms with Crippen LogP contribution in [-0.2, 0) is 12.8 Å². The van der Waals surface area contributed by atoms with Gasteiger partial charge in [-0.3, -0.25) is 0 Å². The van der Waals surface area contributed by atoms with Crippen LogP contribution < -0.4 is 5.32 Å². The molecule has 0 bridgehead atoms. The normalized spacial score (nSPS) is 12.6. The van der Waals surface area contributed by atoms with E-state index in [2.05, 4.69) is 60.7 Å². The zero-order valence-electron chi connectivity index (χ0n) is 12.6. The van der Waals surface area contributed by atoms with Gasteiger partial charge in [0, 0.05) is 17.8 Å². The van der Waals surface area contributed by atoms with E-state index in [9.17, 15) is 0 Å². The van der Waals surface area contributed by atoms with Gasteiger partial charge >= 0.3 is 0 Å². The Bertz CT molecular complexity index is 516. The smallest absolute Gasteiger partial charge is 0.0897 e. The van der Waals surface area contributed by atoms with Crippen LogP contribution in [0, 0.1) is 13.8 Å². The lowest BCUT2D eigenvalue weighted by Crippen LogP contribution is -2.31. The highest BCUT2D eigenvalue weighted by Crippen LogP contribution is 2.13. The van der Waals surface area contributed by atoms with Gasteiger partial charge in [-0.1, -0.05) is 36.8 Å². The largest absolute Gasteiger partial charge is 0.314 e. The standard InChI is InChI=1S/C17H24N2S/c1-4-18-16(11-17-12-20-14(3)19-17)10-9-15-7-5-13(2)6-8-15/h5-8,12,16,18H,4,9-11H2,1-3H3. The van der Waals surface area contributed by atoms with Crippen molar-refractivity contribution in [3.8, 4) is 0 Å². The Morgan fingerprint density at radius 3 is 2.55 bits per heavy atom. The van der Waals surface area contributed by atoms with Gasteiger partial charge in [0.1, 0.15) is 0 Å². The van der Waals surface area contributed by atoms with Gasteiger partial charge < -0.3 is 5.32 Å². The minimum atomic E-state index is 0.516. The molecule has 20 heavy (non-hydrogen) atoms. The molecule has 2 nitrogen and oxygen atoms in total. The Morgan fingerprint density at radius 2 is 1.95 bits per heavy atom. The fraction of sp³-hybridized carbons (Fsp3) is 0.471. The van der Waals surface area contributed by atoms with Gasteiger partial charge in [0.2, 0.25) is 0 Å². The number of nitrogens with one attached hydrogen (secondary N) is 1. The molecule has 0 saturated heterocycles. The first kappa shape index (κ1) is 15.2. The summed E-state index contributed by atoms with van der Waals surface area (Å²) >= 11 is 1.74. The molecule has 0 fully saturated rings. The lowest BCUT2D eigenvalue weighted by atomic mass is 10.0. The molecule has 0 radical (unpaired) electrons. The summed E-state index contributed by atoms with van der Waals surface area (Å²) in [5.74, 6) is 0. The van der Waals surface area contributed by atoms with Crippen LogP contribution in [0.5, 0.6) is 0 Å². The van der Waals surface area contributed by atoms with Crippen LogP contribution in [-0.4, -0.2) is 17.6 Å². The van der Waals surface area contributed by atoms with Crippen molar-refractivity contribution in [2.45, 2.75) is 46.1 Å². The number of aromatic nitrogens is 1. The number of thiazole rings is 1. The maximum Gasteiger partial charge on any atom is 0.0897 e. The van der Waals surface area contributed by atoms with Crippen molar-refractivity contribution in [1.82, 2.24) is 10.3 Å². The predicted molar refractivity (Wildman–Crippen MR) is 87.5 cm³/mol. The average molecular weight is 288 g/mol. The van der Waals surface area contributed by atoms with Crippen molar-refractivity contribution < 1.29 is 0 Å². The fourth-order valence-electron chi connectivity index (χ4n) is 2.42. The first-order chi connectivity index (χ1) is 9.67. The third-order valence-electron chi connectivity index (χ3n) is 3.52. The molecule has 2 aromatic rings. The first-order valence-electron chi connectivity index (χ1n) is 7.37. The van der Waals surface area contributed by atoms with Crippen molar-refractivity contribution in [3.05, 3.63) is 51.5 Å². The molecule has 1 atom stereocenters. The summed E-state index contributed by atoms with van der Waals surface area (Å²) in [6.07, 6.45) is 3.32. The minimum absolute atomic E-state index is 0.516. The van der Waals surface area contributed by atoms with Crippen LogP contribution in [0.2, 0.25) is 0 Å². The first-order valence-corrected chi connectivity index (χ1v) is 8.25. The highest BCUT2D eigenvalue weighted by molar-refractivity contribution is 7.09. The summed E-state index contributed by atoms with van der Waals surface area (Å²) < 4.78 is 0. The summed E-state index contributed by atoms with van der Waals surface area (Å²) in [4.78, 5) is 4.58. The van der Waals surface area contributed by atoms with Crippen molar-refractivity contribution in [2.75, 3.05) is 6.54 Å². The van der Waals surface area contributed by atoms with E-state index in [0.29, 0.717) is 6.04 Å². The second kappa shape index (κ2) is 7.55. The quantitative estimate of drug-likeness (QED) is 0.835. The summed E-state index contributed by atoms with van der Waals surface area (Å²) in [7, 11) is 0. The van der Waals surface area contributed by atoms with Gasteiger partial charge in [0.15, 0.2) is 0 Å². The van der Waals surface area contributed by atoms with Crippen molar-refractivity contribution in [3.63, 3.8) is 0 Å². The van der Waals surface area contributed by atoms with Crippen molar-refractivity contribution in [1.29, 1.82) is 0 Å². The average Bonchev–Trinajstić information content (AvgIpc) is 2.83. The molecule has 1 unspecified atom stereocenters. The summed E-state index contributed by atoms with van der Waals surface area (Å²) in [6.45, 7) is 7.39. The zero-order chi connectivity index (χ0) is 14.4. The molecule has 108 valence electrons. The summed E-state index contributed by atoms with van der Waals surface area (Å²) in [5.41, 5.74) is 3.98. The SMILES string of the molecule is CCNC(CCc1ccc(C)cc1)Cc1csc(C)n1. The molecule has 1 aromatic heterocycles. The molecule has 0 amide bonds. The Balaban J connectivity index is 1.90. The molecule has 3 heteroatoms. The van der Waals surface area contributed by atoms with Gasteiger partial charge in [0.05, 0.1) is 10.7 Å². The Hall–Kier alpha value is -1.19. The highest BCUT2D eigenvalue weighted by Gasteiger charge is 2.10. The molecule has 1 aromatic carbocycles. The maximum atomic E-state index is 4.58. The van der Waals surface area contributed by atoms with E-state index in [4.69, 9.17) is 0 Å². The number of aryl methyl sites for hydroxylation is 3. The second-order valence-electron chi connectivity index (χ2n) is 5.34. The number of hydrogen-bond acceptors (Lipinski definition) is 3. The molecular weight excluding hydrogens is 264 g/mol. The van der Waals surface area contributed by atoms with Crippen LogP contribution in [0.3, 0.4) is 0 Å². The highest BCUT2D eigenvalue weighted by atomic mass is 32.1. The van der Waals surface area contributed by atoms with Gasteiger partial charge in [-0.2, -0.15) is 0 Å². The van der Waals surface area contributed by atoms with Crippen LogP contribution in [0.1, 0.15) is 35.2 Å². The van der Waals surface area contributed by atoms with E-state index in [-0.39, 0.29) is 0 Å². The van der Waals surface area contributed by atoms with Gasteiger partial charge in [-0.15, -0.1) is 11.3 Å². The Morgan fingerprint density at radius 1 is 1.20 bits per heavy atom. The molecule has 2 rings (SSSR count). The molecule has 1 N–H and O–H groups in total. The number of hydrogen-bond donors (Lipinski definition) is 1. The summed E-state index contributed by atoms with van der Waals surface area (Å²) in [5, 5.41) is 6.93. The van der Waals surface area contributed by atoms with E-state index < -0.39 is 0 Å². The van der Waals surface area contributed by atoms with E-state index in [1.165, 1.54) is 16.8 Å². The predicted octanol–water partition coefficient (Wildman–Crippen LogP) is 3.91. The van der Waals surface area contributed by atoms with Crippen LogP contribution >= 0.6 is 11.3 Å². The lowest BCUT2D eigenvalue weighted by molar-refractivity contribution is 0.487. The van der Waals surface area contributed by atoms with Gasteiger partial charge in [-0.25, -0.2) is 4.98 Å². The molecule has 0 aliphatic heterocycles. The van der Waals surface area contributed by atoms with E-state index >= 15 is 0 Å².